The van der Waals surface area contributed by atoms with Crippen molar-refractivity contribution in [3.05, 3.63) is 23.8 Å². The Balaban J connectivity index is 2.36. The number of oxazole rings is 1. The number of methoxy groups -OCH3 is 1. The predicted molar refractivity (Wildman–Crippen MR) is 75.3 cm³/mol. The third-order valence-corrected chi connectivity index (χ3v) is 3.15. The molecule has 1 atom stereocenters. The number of rotatable bonds is 6. The van der Waals surface area contributed by atoms with Crippen molar-refractivity contribution in [3.63, 3.8) is 0 Å². The molecule has 0 saturated carbocycles. The zero-order valence-corrected chi connectivity index (χ0v) is 11.8. The molecule has 0 aliphatic heterocycles. The summed E-state index contributed by atoms with van der Waals surface area (Å²) in [6, 6.07) is 5.27. The van der Waals surface area contributed by atoms with Crippen LogP contribution in [0.2, 0.25) is 0 Å². The number of benzene rings is 1. The van der Waals surface area contributed by atoms with Crippen molar-refractivity contribution in [2.24, 2.45) is 0 Å². The fourth-order valence-electron chi connectivity index (χ4n) is 2.13. The van der Waals surface area contributed by atoms with Crippen molar-refractivity contribution in [1.29, 1.82) is 0 Å². The molecule has 2 aromatic rings. The Morgan fingerprint density at radius 3 is 2.90 bits per heavy atom. The minimum absolute atomic E-state index is 0.122. The topological polar surface area (TPSA) is 75.8 Å². The molecule has 0 radical (unpaired) electrons. The van der Waals surface area contributed by atoms with Gasteiger partial charge in [0.25, 0.3) is 6.01 Å². The monoisotopic (exact) mass is 278 g/mol. The molecule has 0 bridgehead atoms. The van der Waals surface area contributed by atoms with Crippen LogP contribution in [-0.4, -0.2) is 42.4 Å². The van der Waals surface area contributed by atoms with Crippen LogP contribution in [0.4, 0.5) is 6.01 Å². The van der Waals surface area contributed by atoms with Crippen LogP contribution in [0.5, 0.6) is 0 Å². The smallest absolute Gasteiger partial charge is 0.335 e. The van der Waals surface area contributed by atoms with Crippen molar-refractivity contribution < 1.29 is 19.1 Å². The Morgan fingerprint density at radius 2 is 2.30 bits per heavy atom. The van der Waals surface area contributed by atoms with Crippen molar-refractivity contribution in [1.82, 2.24) is 4.98 Å². The average molecular weight is 278 g/mol. The number of hydrogen-bond donors (Lipinski definition) is 1. The molecule has 6 heteroatoms. The molecule has 0 amide bonds. The molecule has 1 aromatic carbocycles. The van der Waals surface area contributed by atoms with E-state index in [4.69, 9.17) is 14.3 Å². The maximum absolute atomic E-state index is 10.9. The molecule has 6 nitrogen and oxygen atoms in total. The van der Waals surface area contributed by atoms with Crippen LogP contribution in [-0.2, 0) is 4.74 Å². The molecule has 0 saturated heterocycles. The molecule has 0 aliphatic rings. The van der Waals surface area contributed by atoms with E-state index in [1.165, 1.54) is 12.1 Å². The number of anilines is 1. The lowest BCUT2D eigenvalue weighted by Gasteiger charge is -2.25. The molecule has 1 heterocycles. The van der Waals surface area contributed by atoms with E-state index in [2.05, 4.69) is 4.98 Å². The number of fused-ring (bicyclic) bond motifs is 1. The molecule has 0 spiro atoms. The highest BCUT2D eigenvalue weighted by atomic mass is 16.5. The predicted octanol–water partition coefficient (Wildman–Crippen LogP) is 2.39. The second kappa shape index (κ2) is 5.92. The van der Waals surface area contributed by atoms with Gasteiger partial charge in [-0.2, -0.15) is 4.98 Å². The Hall–Kier alpha value is -2.08. The van der Waals surface area contributed by atoms with Gasteiger partial charge in [0.2, 0.25) is 0 Å². The van der Waals surface area contributed by atoms with Crippen molar-refractivity contribution in [2.45, 2.75) is 19.9 Å². The number of carboxylic acids is 1. The van der Waals surface area contributed by atoms with Gasteiger partial charge in [0.1, 0.15) is 5.52 Å². The second-order valence-corrected chi connectivity index (χ2v) is 4.57. The van der Waals surface area contributed by atoms with E-state index >= 15 is 0 Å². The molecule has 1 aromatic heterocycles. The Bertz CT molecular complexity index is 608. The summed E-state index contributed by atoms with van der Waals surface area (Å²) in [5, 5.41) is 8.98. The van der Waals surface area contributed by atoms with Gasteiger partial charge in [0.15, 0.2) is 5.58 Å². The minimum atomic E-state index is -0.982. The van der Waals surface area contributed by atoms with Crippen molar-refractivity contribution in [2.75, 3.05) is 25.2 Å². The number of carboxylic acid groups (broad SMARTS) is 1. The highest BCUT2D eigenvalue weighted by Gasteiger charge is 2.19. The van der Waals surface area contributed by atoms with Gasteiger partial charge in [-0.15, -0.1) is 0 Å². The maximum Gasteiger partial charge on any atom is 0.335 e. The van der Waals surface area contributed by atoms with Crippen LogP contribution < -0.4 is 4.90 Å². The van der Waals surface area contributed by atoms with Gasteiger partial charge in [0.05, 0.1) is 18.2 Å². The van der Waals surface area contributed by atoms with Crippen molar-refractivity contribution >= 4 is 23.1 Å². The van der Waals surface area contributed by atoms with Gasteiger partial charge in [-0.25, -0.2) is 4.79 Å². The highest BCUT2D eigenvalue weighted by molar-refractivity contribution is 5.92. The summed E-state index contributed by atoms with van der Waals surface area (Å²) < 4.78 is 10.8. The molecule has 1 N–H and O–H groups in total. The molecule has 2 rings (SSSR count). The summed E-state index contributed by atoms with van der Waals surface area (Å²) in [7, 11) is 1.65. The van der Waals surface area contributed by atoms with Crippen LogP contribution in [0, 0.1) is 0 Å². The number of nitrogens with zero attached hydrogens (tertiary/aromatic N) is 2. The van der Waals surface area contributed by atoms with Crippen LogP contribution in [0.1, 0.15) is 24.2 Å². The summed E-state index contributed by atoms with van der Waals surface area (Å²) >= 11 is 0. The van der Waals surface area contributed by atoms with Gasteiger partial charge in [-0.3, -0.25) is 0 Å². The van der Waals surface area contributed by atoms with E-state index in [1.54, 1.807) is 13.2 Å². The van der Waals surface area contributed by atoms with Crippen LogP contribution in [0.25, 0.3) is 11.1 Å². The standard InChI is InChI=1S/C14H18N2O4/c1-4-16(9(2)8-19-3)14-15-11-6-5-10(13(17)18)7-12(11)20-14/h5-7,9H,4,8H2,1-3H3,(H,17,18). The van der Waals surface area contributed by atoms with Crippen molar-refractivity contribution in [3.8, 4) is 0 Å². The zero-order chi connectivity index (χ0) is 14.7. The van der Waals surface area contributed by atoms with Gasteiger partial charge < -0.3 is 19.2 Å². The normalized spacial score (nSPS) is 12.6. The fourth-order valence-corrected chi connectivity index (χ4v) is 2.13. The van der Waals surface area contributed by atoms with E-state index in [-0.39, 0.29) is 11.6 Å². The Morgan fingerprint density at radius 1 is 1.55 bits per heavy atom. The first-order valence-electron chi connectivity index (χ1n) is 6.46. The molecule has 0 fully saturated rings. The first-order chi connectivity index (χ1) is 9.56. The molecule has 0 aliphatic carbocycles. The molecule has 1 unspecified atom stereocenters. The summed E-state index contributed by atoms with van der Waals surface area (Å²) in [5.41, 5.74) is 1.31. The number of hydrogen-bond acceptors (Lipinski definition) is 5. The average Bonchev–Trinajstić information content (AvgIpc) is 2.82. The third-order valence-electron chi connectivity index (χ3n) is 3.15. The van der Waals surface area contributed by atoms with Gasteiger partial charge in [-0.05, 0) is 32.0 Å². The van der Waals surface area contributed by atoms with Gasteiger partial charge >= 0.3 is 5.97 Å². The number of carbonyl (C=O) groups is 1. The maximum atomic E-state index is 10.9. The SMILES string of the molecule is CCN(c1nc2ccc(C(=O)O)cc2o1)C(C)COC. The number of ether oxygens (including phenoxy) is 1. The van der Waals surface area contributed by atoms with E-state index in [0.717, 1.165) is 6.54 Å². The van der Waals surface area contributed by atoms with Gasteiger partial charge in [-0.1, -0.05) is 0 Å². The fraction of sp³-hybridized carbons (Fsp3) is 0.429. The number of aromatic nitrogens is 1. The molecular formula is C14H18N2O4. The van der Waals surface area contributed by atoms with E-state index < -0.39 is 5.97 Å². The van der Waals surface area contributed by atoms with Crippen LogP contribution in [0.15, 0.2) is 22.6 Å². The van der Waals surface area contributed by atoms with Crippen LogP contribution in [0.3, 0.4) is 0 Å². The zero-order valence-electron chi connectivity index (χ0n) is 11.8. The minimum Gasteiger partial charge on any atom is -0.478 e. The second-order valence-electron chi connectivity index (χ2n) is 4.57. The lowest BCUT2D eigenvalue weighted by Crippen LogP contribution is -2.36. The Kier molecular flexibility index (Phi) is 4.24. The summed E-state index contributed by atoms with van der Waals surface area (Å²) in [4.78, 5) is 17.3. The summed E-state index contributed by atoms with van der Waals surface area (Å²) in [6.45, 7) is 5.31. The largest absolute Gasteiger partial charge is 0.478 e. The quantitative estimate of drug-likeness (QED) is 0.874. The van der Waals surface area contributed by atoms with E-state index in [1.807, 2.05) is 18.7 Å². The first-order valence-corrected chi connectivity index (χ1v) is 6.46. The molecular weight excluding hydrogens is 260 g/mol. The highest BCUT2D eigenvalue weighted by Crippen LogP contribution is 2.24. The first kappa shape index (κ1) is 14.3. The summed E-state index contributed by atoms with van der Waals surface area (Å²) in [6.07, 6.45) is 0. The lowest BCUT2D eigenvalue weighted by atomic mass is 10.2. The lowest BCUT2D eigenvalue weighted by molar-refractivity contribution is 0.0697. The molecule has 20 heavy (non-hydrogen) atoms. The number of aromatic carboxylic acids is 1. The Labute approximate surface area is 117 Å². The molecule has 108 valence electrons. The van der Waals surface area contributed by atoms with E-state index in [9.17, 15) is 4.79 Å². The number of likely N-dealkylation sites (N-methyl/N-ethyl adjacent to an activating group) is 1. The summed E-state index contributed by atoms with van der Waals surface area (Å²) in [5.74, 6) is -0.982. The van der Waals surface area contributed by atoms with E-state index in [0.29, 0.717) is 23.7 Å². The van der Waals surface area contributed by atoms with Gasteiger partial charge in [0, 0.05) is 13.7 Å². The van der Waals surface area contributed by atoms with Crippen LogP contribution >= 0.6 is 0 Å². The third kappa shape index (κ3) is 2.75.